The van der Waals surface area contributed by atoms with E-state index in [1.165, 1.54) is 36.0 Å². The molecule has 0 unspecified atom stereocenters. The Hall–Kier alpha value is -2.22. The predicted octanol–water partition coefficient (Wildman–Crippen LogP) is 7.94. The fourth-order valence-corrected chi connectivity index (χ4v) is 4.44. The zero-order valence-corrected chi connectivity index (χ0v) is 20.2. The molecule has 31 heavy (non-hydrogen) atoms. The standard InChI is InChI=1S/C29H40O2/c1-22(17-19-25-27(30)15-8-6-7-9-16-28(25)31)12-10-13-23(2)18-20-26-24(3)14-11-21-29(26,4)5/h10,12-13,17-20H,6-9,11,14-16,21H2,1-5H3/b12-10+,20-18+,22-17+,23-13+. The highest BCUT2D eigenvalue weighted by Crippen LogP contribution is 2.40. The van der Waals surface area contributed by atoms with Crippen LogP contribution in [0.1, 0.15) is 92.4 Å². The highest BCUT2D eigenvalue weighted by Gasteiger charge is 2.26. The Morgan fingerprint density at radius 3 is 2.03 bits per heavy atom. The summed E-state index contributed by atoms with van der Waals surface area (Å²) in [4.78, 5) is 24.7. The highest BCUT2D eigenvalue weighted by atomic mass is 16.1. The molecule has 0 aromatic carbocycles. The molecule has 0 radical (unpaired) electrons. The molecule has 1 saturated carbocycles. The van der Waals surface area contributed by atoms with Gasteiger partial charge >= 0.3 is 0 Å². The molecule has 0 aromatic heterocycles. The van der Waals surface area contributed by atoms with Crippen molar-refractivity contribution in [2.75, 3.05) is 0 Å². The molecule has 2 nitrogen and oxygen atoms in total. The average molecular weight is 421 g/mol. The number of Topliss-reactive ketones (excluding diaryl/α,β-unsaturated/α-hetero) is 2. The lowest BCUT2D eigenvalue weighted by Gasteiger charge is -2.32. The molecule has 0 spiro atoms. The lowest BCUT2D eigenvalue weighted by molar-refractivity contribution is -0.121. The van der Waals surface area contributed by atoms with Crippen LogP contribution in [-0.2, 0) is 9.59 Å². The Morgan fingerprint density at radius 1 is 0.806 bits per heavy atom. The van der Waals surface area contributed by atoms with E-state index < -0.39 is 0 Å². The van der Waals surface area contributed by atoms with Gasteiger partial charge in [-0.05, 0) is 69.9 Å². The van der Waals surface area contributed by atoms with Gasteiger partial charge in [0.25, 0.3) is 0 Å². The number of carbonyl (C=O) groups is 2. The summed E-state index contributed by atoms with van der Waals surface area (Å²) >= 11 is 0. The van der Waals surface area contributed by atoms with Gasteiger partial charge in [-0.3, -0.25) is 9.59 Å². The molecule has 0 bridgehead atoms. The lowest BCUT2D eigenvalue weighted by atomic mass is 9.72. The van der Waals surface area contributed by atoms with Crippen molar-refractivity contribution in [1.82, 2.24) is 0 Å². The SMILES string of the molecule is CC1=C(/C=C/C(C)=C/C=C/C(C)=C/C=C2C(=O)CCCCCCC2=O)C(C)(C)CCC1. The normalized spacial score (nSPS) is 22.2. The van der Waals surface area contributed by atoms with Crippen molar-refractivity contribution in [3.8, 4) is 0 Å². The van der Waals surface area contributed by atoms with Crippen LogP contribution in [0.25, 0.3) is 0 Å². The number of allylic oxidation sites excluding steroid dienone is 12. The van der Waals surface area contributed by atoms with E-state index in [-0.39, 0.29) is 17.0 Å². The average Bonchev–Trinajstić information content (AvgIpc) is 2.76. The first-order valence-corrected chi connectivity index (χ1v) is 11.9. The van der Waals surface area contributed by atoms with Crippen molar-refractivity contribution in [1.29, 1.82) is 0 Å². The third kappa shape index (κ3) is 8.09. The van der Waals surface area contributed by atoms with Gasteiger partial charge in [-0.1, -0.05) is 79.9 Å². The zero-order valence-electron chi connectivity index (χ0n) is 20.2. The predicted molar refractivity (Wildman–Crippen MR) is 132 cm³/mol. The maximum Gasteiger partial charge on any atom is 0.166 e. The fourth-order valence-electron chi connectivity index (χ4n) is 4.44. The van der Waals surface area contributed by atoms with Gasteiger partial charge in [0.15, 0.2) is 11.6 Å². The molecule has 0 N–H and O–H groups in total. The summed E-state index contributed by atoms with van der Waals surface area (Å²) in [5.41, 5.74) is 5.84. The second-order valence-electron chi connectivity index (χ2n) is 9.79. The van der Waals surface area contributed by atoms with Crippen LogP contribution in [-0.4, -0.2) is 11.6 Å². The largest absolute Gasteiger partial charge is 0.294 e. The van der Waals surface area contributed by atoms with Crippen molar-refractivity contribution >= 4 is 11.6 Å². The first kappa shape index (κ1) is 25.0. The molecule has 2 aliphatic carbocycles. The summed E-state index contributed by atoms with van der Waals surface area (Å²) in [6, 6.07) is 0. The molecule has 2 rings (SSSR count). The number of ketones is 2. The van der Waals surface area contributed by atoms with E-state index in [1.54, 1.807) is 6.08 Å². The van der Waals surface area contributed by atoms with Crippen molar-refractivity contribution in [3.05, 3.63) is 70.4 Å². The Morgan fingerprint density at radius 2 is 1.42 bits per heavy atom. The molecule has 2 heteroatoms. The van der Waals surface area contributed by atoms with Crippen LogP contribution in [0, 0.1) is 5.41 Å². The smallest absolute Gasteiger partial charge is 0.166 e. The first-order valence-electron chi connectivity index (χ1n) is 11.9. The second-order valence-corrected chi connectivity index (χ2v) is 9.79. The zero-order chi connectivity index (χ0) is 22.9. The molecular formula is C29H40O2. The van der Waals surface area contributed by atoms with Crippen molar-refractivity contribution in [2.45, 2.75) is 92.4 Å². The van der Waals surface area contributed by atoms with E-state index in [0.29, 0.717) is 18.4 Å². The molecule has 1 fully saturated rings. The molecule has 0 heterocycles. The maximum absolute atomic E-state index is 12.4. The molecule has 0 aromatic rings. The van der Waals surface area contributed by atoms with Crippen LogP contribution in [0.3, 0.4) is 0 Å². The summed E-state index contributed by atoms with van der Waals surface area (Å²) in [5, 5.41) is 0. The van der Waals surface area contributed by atoms with Gasteiger partial charge in [0.1, 0.15) is 0 Å². The number of carbonyl (C=O) groups excluding carboxylic acids is 2. The van der Waals surface area contributed by atoms with E-state index in [9.17, 15) is 9.59 Å². The van der Waals surface area contributed by atoms with Crippen LogP contribution >= 0.6 is 0 Å². The molecule has 0 saturated heterocycles. The quantitative estimate of drug-likeness (QED) is 0.257. The van der Waals surface area contributed by atoms with Gasteiger partial charge in [0, 0.05) is 12.8 Å². The molecule has 0 aliphatic heterocycles. The third-order valence-corrected chi connectivity index (χ3v) is 6.44. The van der Waals surface area contributed by atoms with E-state index in [0.717, 1.165) is 31.3 Å². The van der Waals surface area contributed by atoms with Gasteiger partial charge in [0.2, 0.25) is 0 Å². The van der Waals surface area contributed by atoms with Gasteiger partial charge in [-0.15, -0.1) is 0 Å². The van der Waals surface area contributed by atoms with Crippen molar-refractivity contribution in [2.24, 2.45) is 5.41 Å². The van der Waals surface area contributed by atoms with Crippen LogP contribution in [0.5, 0.6) is 0 Å². The number of hydrogen-bond donors (Lipinski definition) is 0. The number of rotatable bonds is 5. The van der Waals surface area contributed by atoms with Crippen molar-refractivity contribution in [3.63, 3.8) is 0 Å². The minimum Gasteiger partial charge on any atom is -0.294 e. The minimum atomic E-state index is -0.00366. The minimum absolute atomic E-state index is 0.00366. The van der Waals surface area contributed by atoms with E-state index in [1.807, 2.05) is 25.2 Å². The Balaban J connectivity index is 2.05. The van der Waals surface area contributed by atoms with E-state index in [2.05, 4.69) is 45.9 Å². The summed E-state index contributed by atoms with van der Waals surface area (Å²) in [7, 11) is 0. The van der Waals surface area contributed by atoms with E-state index >= 15 is 0 Å². The Bertz CT molecular complexity index is 831. The maximum atomic E-state index is 12.4. The van der Waals surface area contributed by atoms with E-state index in [4.69, 9.17) is 0 Å². The fraction of sp³-hybridized carbons (Fsp3) is 0.517. The van der Waals surface area contributed by atoms with Crippen LogP contribution < -0.4 is 0 Å². The first-order chi connectivity index (χ1) is 14.7. The monoisotopic (exact) mass is 420 g/mol. The van der Waals surface area contributed by atoms with Crippen LogP contribution in [0.15, 0.2) is 70.4 Å². The molecule has 168 valence electrons. The summed E-state index contributed by atoms with van der Waals surface area (Å²) in [5.74, 6) is -0.00733. The number of hydrogen-bond acceptors (Lipinski definition) is 2. The molecule has 2 aliphatic rings. The lowest BCUT2D eigenvalue weighted by Crippen LogP contribution is -2.19. The van der Waals surface area contributed by atoms with Crippen molar-refractivity contribution < 1.29 is 9.59 Å². The topological polar surface area (TPSA) is 34.1 Å². The van der Waals surface area contributed by atoms with Crippen LogP contribution in [0.2, 0.25) is 0 Å². The Labute approximate surface area is 189 Å². The van der Waals surface area contributed by atoms with Gasteiger partial charge in [-0.25, -0.2) is 0 Å². The summed E-state index contributed by atoms with van der Waals surface area (Å²) in [6.07, 6.45) is 22.8. The van der Waals surface area contributed by atoms with Crippen LogP contribution in [0.4, 0.5) is 0 Å². The summed E-state index contributed by atoms with van der Waals surface area (Å²) in [6.45, 7) is 11.0. The summed E-state index contributed by atoms with van der Waals surface area (Å²) < 4.78 is 0. The van der Waals surface area contributed by atoms with Gasteiger partial charge in [-0.2, -0.15) is 0 Å². The molecule has 0 atom stereocenters. The Kier molecular flexibility index (Phi) is 9.68. The van der Waals surface area contributed by atoms with Gasteiger partial charge < -0.3 is 0 Å². The van der Waals surface area contributed by atoms with Gasteiger partial charge in [0.05, 0.1) is 5.57 Å². The molecule has 0 amide bonds. The molecular weight excluding hydrogens is 380 g/mol. The second kappa shape index (κ2) is 12.0. The third-order valence-electron chi connectivity index (χ3n) is 6.44. The highest BCUT2D eigenvalue weighted by molar-refractivity contribution is 6.20.